The maximum atomic E-state index is 12.9. The minimum absolute atomic E-state index is 0.0777. The van der Waals surface area contributed by atoms with Crippen LogP contribution >= 0.6 is 0 Å². The van der Waals surface area contributed by atoms with Crippen molar-refractivity contribution >= 4 is 11.8 Å². The van der Waals surface area contributed by atoms with Crippen LogP contribution in [0.25, 0.3) is 0 Å². The summed E-state index contributed by atoms with van der Waals surface area (Å²) in [5.41, 5.74) is 2.11. The zero-order valence-corrected chi connectivity index (χ0v) is 19.3. The molecule has 2 aliphatic heterocycles. The van der Waals surface area contributed by atoms with Gasteiger partial charge in [-0.25, -0.2) is 0 Å². The van der Waals surface area contributed by atoms with Crippen molar-refractivity contribution in [1.82, 2.24) is 25.0 Å². The fourth-order valence-corrected chi connectivity index (χ4v) is 4.52. The number of rotatable bonds is 5. The maximum Gasteiger partial charge on any atom is 0.289 e. The van der Waals surface area contributed by atoms with Crippen molar-refractivity contribution in [3.63, 3.8) is 0 Å². The zero-order valence-electron chi connectivity index (χ0n) is 19.3. The fraction of sp³-hybridized carbons (Fsp3) is 0.583. The highest BCUT2D eigenvalue weighted by atomic mass is 16.5. The molecule has 0 radical (unpaired) electrons. The fourth-order valence-electron chi connectivity index (χ4n) is 4.52. The number of ether oxygens (including phenoxy) is 1. The van der Waals surface area contributed by atoms with E-state index in [4.69, 9.17) is 4.74 Å². The molecule has 8 heteroatoms. The molecule has 0 saturated carbocycles. The van der Waals surface area contributed by atoms with Crippen LogP contribution in [0, 0.1) is 12.3 Å². The number of nitrogens with zero attached hydrogens (tertiary/aromatic N) is 4. The van der Waals surface area contributed by atoms with Crippen LogP contribution in [0.5, 0.6) is 0 Å². The summed E-state index contributed by atoms with van der Waals surface area (Å²) in [6.07, 6.45) is 2.95. The van der Waals surface area contributed by atoms with Gasteiger partial charge in [0.05, 0.1) is 13.0 Å². The van der Waals surface area contributed by atoms with Crippen molar-refractivity contribution in [3.05, 3.63) is 47.0 Å². The molecule has 3 heterocycles. The summed E-state index contributed by atoms with van der Waals surface area (Å²) in [7, 11) is 0. The lowest BCUT2D eigenvalue weighted by Crippen LogP contribution is -2.47. The molecule has 1 atom stereocenters. The summed E-state index contributed by atoms with van der Waals surface area (Å²) in [5, 5.41) is 11.4. The van der Waals surface area contributed by atoms with Crippen LogP contribution < -0.4 is 5.32 Å². The number of amides is 2. The van der Waals surface area contributed by atoms with Gasteiger partial charge in [-0.3, -0.25) is 9.59 Å². The standard InChI is InChI=1S/C24H33N5O3/c1-4-18(3)25-23(31)22-27-26-20-14-32-16-24(15-29(20)22)9-11-28(12-10-24)21(30)13-19-8-6-5-7-17(19)2/h5-8,18H,4,9-16H2,1-3H3,(H,25,31)/t18-/m0/s1. The minimum Gasteiger partial charge on any atom is -0.373 e. The summed E-state index contributed by atoms with van der Waals surface area (Å²) in [5.74, 6) is 1.01. The van der Waals surface area contributed by atoms with E-state index >= 15 is 0 Å². The van der Waals surface area contributed by atoms with Gasteiger partial charge in [-0.05, 0) is 44.2 Å². The molecule has 1 fully saturated rings. The molecule has 8 nitrogen and oxygen atoms in total. The molecule has 1 N–H and O–H groups in total. The van der Waals surface area contributed by atoms with E-state index in [0.29, 0.717) is 50.9 Å². The quantitative estimate of drug-likeness (QED) is 0.773. The van der Waals surface area contributed by atoms with Crippen LogP contribution in [0.1, 0.15) is 60.7 Å². The highest BCUT2D eigenvalue weighted by Crippen LogP contribution is 2.36. The molecule has 1 aromatic heterocycles. The number of aromatic nitrogens is 3. The highest BCUT2D eigenvalue weighted by Gasteiger charge is 2.40. The van der Waals surface area contributed by atoms with Gasteiger partial charge in [-0.1, -0.05) is 31.2 Å². The summed E-state index contributed by atoms with van der Waals surface area (Å²) in [4.78, 5) is 27.6. The number of piperidine rings is 1. The van der Waals surface area contributed by atoms with Gasteiger partial charge < -0.3 is 19.5 Å². The lowest BCUT2D eigenvalue weighted by molar-refractivity contribution is -0.133. The van der Waals surface area contributed by atoms with Crippen LogP contribution in [0.15, 0.2) is 24.3 Å². The van der Waals surface area contributed by atoms with Crippen molar-refractivity contribution in [2.75, 3.05) is 19.7 Å². The van der Waals surface area contributed by atoms with E-state index in [1.165, 1.54) is 0 Å². The average Bonchev–Trinajstić information content (AvgIpc) is 3.09. The third kappa shape index (κ3) is 4.70. The number of hydrogen-bond acceptors (Lipinski definition) is 5. The Morgan fingerprint density at radius 3 is 2.69 bits per heavy atom. The number of carbonyl (C=O) groups is 2. The van der Waals surface area contributed by atoms with Crippen LogP contribution in [-0.4, -0.2) is 57.2 Å². The van der Waals surface area contributed by atoms with Crippen LogP contribution in [0.2, 0.25) is 0 Å². The molecule has 1 spiro atoms. The Bertz CT molecular complexity index is 978. The maximum absolute atomic E-state index is 12.9. The monoisotopic (exact) mass is 439 g/mol. The number of benzene rings is 1. The number of hydrogen-bond donors (Lipinski definition) is 1. The topological polar surface area (TPSA) is 89.4 Å². The van der Waals surface area contributed by atoms with E-state index in [2.05, 4.69) is 15.5 Å². The highest BCUT2D eigenvalue weighted by molar-refractivity contribution is 5.90. The first-order valence-corrected chi connectivity index (χ1v) is 11.5. The lowest BCUT2D eigenvalue weighted by atomic mass is 9.78. The van der Waals surface area contributed by atoms with Gasteiger partial charge in [0.2, 0.25) is 11.7 Å². The first-order chi connectivity index (χ1) is 15.4. The van der Waals surface area contributed by atoms with E-state index in [1.807, 2.05) is 54.5 Å². The number of aryl methyl sites for hydroxylation is 1. The second-order valence-electron chi connectivity index (χ2n) is 9.29. The van der Waals surface area contributed by atoms with Crippen molar-refractivity contribution in [2.24, 2.45) is 5.41 Å². The van der Waals surface area contributed by atoms with Gasteiger partial charge in [0.25, 0.3) is 5.91 Å². The Morgan fingerprint density at radius 1 is 1.22 bits per heavy atom. The second-order valence-corrected chi connectivity index (χ2v) is 9.29. The predicted octanol–water partition coefficient (Wildman–Crippen LogP) is 2.50. The van der Waals surface area contributed by atoms with E-state index < -0.39 is 0 Å². The molecular weight excluding hydrogens is 406 g/mol. The van der Waals surface area contributed by atoms with Crippen molar-refractivity contribution in [1.29, 1.82) is 0 Å². The SMILES string of the molecule is CC[C@H](C)NC(=O)c1nnc2n1CC1(CCN(C(=O)Cc3ccccc3C)CC1)COC2. The van der Waals surface area contributed by atoms with Gasteiger partial charge in [0.15, 0.2) is 5.82 Å². The van der Waals surface area contributed by atoms with E-state index in [1.54, 1.807) is 0 Å². The third-order valence-corrected chi connectivity index (χ3v) is 6.93. The summed E-state index contributed by atoms with van der Waals surface area (Å²) >= 11 is 0. The summed E-state index contributed by atoms with van der Waals surface area (Å²) in [6, 6.07) is 8.13. The molecule has 4 rings (SSSR count). The van der Waals surface area contributed by atoms with E-state index in [9.17, 15) is 9.59 Å². The number of carbonyl (C=O) groups excluding carboxylic acids is 2. The normalized spacial score (nSPS) is 18.7. The Balaban J connectivity index is 1.43. The number of likely N-dealkylation sites (tertiary alicyclic amines) is 1. The van der Waals surface area contributed by atoms with Gasteiger partial charge in [0.1, 0.15) is 6.61 Å². The number of fused-ring (bicyclic) bond motifs is 1. The average molecular weight is 440 g/mol. The minimum atomic E-state index is -0.194. The largest absolute Gasteiger partial charge is 0.373 e. The third-order valence-electron chi connectivity index (χ3n) is 6.93. The molecule has 1 aromatic carbocycles. The first kappa shape index (κ1) is 22.5. The van der Waals surface area contributed by atoms with Crippen LogP contribution in [-0.2, 0) is 29.1 Å². The first-order valence-electron chi connectivity index (χ1n) is 11.5. The van der Waals surface area contributed by atoms with Crippen LogP contribution in [0.4, 0.5) is 0 Å². The molecule has 0 bridgehead atoms. The molecule has 172 valence electrons. The Hall–Kier alpha value is -2.74. The second kappa shape index (κ2) is 9.40. The molecule has 32 heavy (non-hydrogen) atoms. The van der Waals surface area contributed by atoms with Gasteiger partial charge in [-0.2, -0.15) is 0 Å². The molecule has 2 amide bonds. The van der Waals surface area contributed by atoms with Crippen molar-refractivity contribution < 1.29 is 14.3 Å². The van der Waals surface area contributed by atoms with Crippen molar-refractivity contribution in [3.8, 4) is 0 Å². The Kier molecular flexibility index (Phi) is 6.60. The van der Waals surface area contributed by atoms with Crippen LogP contribution in [0.3, 0.4) is 0 Å². The molecule has 2 aromatic rings. The van der Waals surface area contributed by atoms with E-state index in [-0.39, 0.29) is 23.3 Å². The number of nitrogens with one attached hydrogen (secondary N) is 1. The Labute approximate surface area is 189 Å². The Morgan fingerprint density at radius 2 is 1.97 bits per heavy atom. The molecule has 2 aliphatic rings. The molecule has 0 unspecified atom stereocenters. The van der Waals surface area contributed by atoms with Gasteiger partial charge >= 0.3 is 0 Å². The molecule has 0 aliphatic carbocycles. The zero-order chi connectivity index (χ0) is 22.7. The predicted molar refractivity (Wildman–Crippen MR) is 120 cm³/mol. The summed E-state index contributed by atoms with van der Waals surface area (Å²) < 4.78 is 7.88. The summed E-state index contributed by atoms with van der Waals surface area (Å²) in [6.45, 7) is 9.03. The lowest BCUT2D eigenvalue weighted by Gasteiger charge is -2.41. The van der Waals surface area contributed by atoms with Crippen molar-refractivity contribution in [2.45, 2.75) is 65.6 Å². The molecule has 1 saturated heterocycles. The van der Waals surface area contributed by atoms with Gasteiger partial charge in [-0.15, -0.1) is 10.2 Å². The van der Waals surface area contributed by atoms with E-state index in [0.717, 1.165) is 30.4 Å². The smallest absolute Gasteiger partial charge is 0.289 e. The molecular formula is C24H33N5O3. The van der Waals surface area contributed by atoms with Gasteiger partial charge in [0, 0.05) is 31.1 Å².